The van der Waals surface area contributed by atoms with Gasteiger partial charge in [-0.2, -0.15) is 0 Å². The highest BCUT2D eigenvalue weighted by molar-refractivity contribution is 5.77. The van der Waals surface area contributed by atoms with Crippen molar-refractivity contribution in [2.45, 2.75) is 32.2 Å². The Morgan fingerprint density at radius 2 is 2.04 bits per heavy atom. The SMILES string of the molecule is C[C@@H](CC(=O)N1CCc2c(nc(-c3cccnc3)[nH]c2=O)C1)c1ccccc1. The summed E-state index contributed by atoms with van der Waals surface area (Å²) in [6.45, 7) is 2.98. The molecule has 1 N–H and O–H groups in total. The second-order valence-corrected chi connectivity index (χ2v) is 7.16. The molecule has 1 aromatic carbocycles. The lowest BCUT2D eigenvalue weighted by atomic mass is 9.96. The second kappa shape index (κ2) is 7.76. The fraction of sp³-hybridized carbons (Fsp3) is 0.273. The quantitative estimate of drug-likeness (QED) is 0.762. The van der Waals surface area contributed by atoms with Gasteiger partial charge in [0.2, 0.25) is 5.91 Å². The Labute approximate surface area is 163 Å². The number of nitrogens with one attached hydrogen (secondary N) is 1. The Morgan fingerprint density at radius 1 is 1.21 bits per heavy atom. The van der Waals surface area contributed by atoms with Crippen LogP contribution < -0.4 is 5.56 Å². The molecule has 0 aliphatic carbocycles. The minimum absolute atomic E-state index is 0.0898. The molecule has 0 bridgehead atoms. The van der Waals surface area contributed by atoms with Gasteiger partial charge in [0, 0.05) is 36.5 Å². The maximum Gasteiger partial charge on any atom is 0.254 e. The van der Waals surface area contributed by atoms with Gasteiger partial charge in [-0.1, -0.05) is 37.3 Å². The molecule has 0 saturated heterocycles. The van der Waals surface area contributed by atoms with Gasteiger partial charge < -0.3 is 9.88 Å². The van der Waals surface area contributed by atoms with Gasteiger partial charge in [-0.3, -0.25) is 14.6 Å². The van der Waals surface area contributed by atoms with Crippen molar-refractivity contribution >= 4 is 5.91 Å². The molecule has 142 valence electrons. The van der Waals surface area contributed by atoms with E-state index in [1.54, 1.807) is 23.4 Å². The van der Waals surface area contributed by atoms with E-state index in [9.17, 15) is 9.59 Å². The van der Waals surface area contributed by atoms with Gasteiger partial charge in [-0.25, -0.2) is 4.98 Å². The first-order valence-electron chi connectivity index (χ1n) is 9.47. The van der Waals surface area contributed by atoms with Crippen molar-refractivity contribution in [3.8, 4) is 11.4 Å². The first kappa shape index (κ1) is 18.1. The van der Waals surface area contributed by atoms with Crippen molar-refractivity contribution in [3.63, 3.8) is 0 Å². The number of pyridine rings is 1. The smallest absolute Gasteiger partial charge is 0.254 e. The Hall–Kier alpha value is -3.28. The Kier molecular flexibility index (Phi) is 5.02. The number of benzene rings is 1. The minimum Gasteiger partial charge on any atom is -0.336 e. The Balaban J connectivity index is 1.53. The molecule has 0 fully saturated rings. The zero-order valence-corrected chi connectivity index (χ0v) is 15.8. The number of carbonyl (C=O) groups is 1. The van der Waals surface area contributed by atoms with Crippen LogP contribution in [-0.4, -0.2) is 32.3 Å². The fourth-order valence-corrected chi connectivity index (χ4v) is 3.58. The van der Waals surface area contributed by atoms with Crippen LogP contribution in [0.5, 0.6) is 0 Å². The summed E-state index contributed by atoms with van der Waals surface area (Å²) in [6.07, 6.45) is 4.31. The first-order chi connectivity index (χ1) is 13.6. The number of fused-ring (bicyclic) bond motifs is 1. The van der Waals surface area contributed by atoms with Gasteiger partial charge in [0.25, 0.3) is 5.56 Å². The van der Waals surface area contributed by atoms with Crippen LogP contribution in [0.4, 0.5) is 0 Å². The van der Waals surface area contributed by atoms with Gasteiger partial charge >= 0.3 is 0 Å². The maximum absolute atomic E-state index is 12.8. The molecule has 4 rings (SSSR count). The summed E-state index contributed by atoms with van der Waals surface area (Å²) in [5.74, 6) is 0.726. The monoisotopic (exact) mass is 374 g/mol. The molecule has 0 saturated carbocycles. The van der Waals surface area contributed by atoms with Crippen LogP contribution in [0, 0.1) is 0 Å². The number of amides is 1. The molecule has 1 aliphatic rings. The molecule has 28 heavy (non-hydrogen) atoms. The highest BCUT2D eigenvalue weighted by Crippen LogP contribution is 2.23. The van der Waals surface area contributed by atoms with Crippen molar-refractivity contribution in [1.29, 1.82) is 0 Å². The van der Waals surface area contributed by atoms with E-state index in [1.165, 1.54) is 0 Å². The van der Waals surface area contributed by atoms with Crippen molar-refractivity contribution in [3.05, 3.63) is 82.0 Å². The molecule has 6 heteroatoms. The average molecular weight is 374 g/mol. The highest BCUT2D eigenvalue weighted by Gasteiger charge is 2.25. The van der Waals surface area contributed by atoms with Gasteiger partial charge in [0.1, 0.15) is 5.82 Å². The minimum atomic E-state index is -0.131. The molecular weight excluding hydrogens is 352 g/mol. The molecule has 1 amide bonds. The molecule has 6 nitrogen and oxygen atoms in total. The summed E-state index contributed by atoms with van der Waals surface area (Å²) in [4.78, 5) is 38.7. The van der Waals surface area contributed by atoms with Crippen LogP contribution in [0.2, 0.25) is 0 Å². The van der Waals surface area contributed by atoms with E-state index in [-0.39, 0.29) is 17.4 Å². The molecule has 0 spiro atoms. The van der Waals surface area contributed by atoms with Crippen molar-refractivity contribution in [1.82, 2.24) is 19.9 Å². The van der Waals surface area contributed by atoms with E-state index in [0.717, 1.165) is 11.1 Å². The lowest BCUT2D eigenvalue weighted by molar-refractivity contribution is -0.132. The first-order valence-corrected chi connectivity index (χ1v) is 9.47. The van der Waals surface area contributed by atoms with Crippen LogP contribution in [0.3, 0.4) is 0 Å². The molecule has 1 atom stereocenters. The third-order valence-electron chi connectivity index (χ3n) is 5.21. The van der Waals surface area contributed by atoms with Crippen LogP contribution in [0.25, 0.3) is 11.4 Å². The number of nitrogens with zero attached hydrogens (tertiary/aromatic N) is 3. The summed E-state index contributed by atoms with van der Waals surface area (Å²) in [5, 5.41) is 0. The molecule has 0 unspecified atom stereocenters. The van der Waals surface area contributed by atoms with E-state index in [2.05, 4.69) is 21.9 Å². The van der Waals surface area contributed by atoms with Crippen molar-refractivity contribution in [2.24, 2.45) is 0 Å². The van der Waals surface area contributed by atoms with E-state index in [4.69, 9.17) is 0 Å². The molecule has 0 radical (unpaired) electrons. The van der Waals surface area contributed by atoms with Crippen molar-refractivity contribution in [2.75, 3.05) is 6.54 Å². The summed E-state index contributed by atoms with van der Waals surface area (Å²) in [7, 11) is 0. The predicted molar refractivity (Wildman–Crippen MR) is 107 cm³/mol. The number of H-pyrrole nitrogens is 1. The summed E-state index contributed by atoms with van der Waals surface area (Å²) in [6, 6.07) is 13.7. The van der Waals surface area contributed by atoms with E-state index in [0.29, 0.717) is 43.0 Å². The number of aromatic amines is 1. The van der Waals surface area contributed by atoms with Crippen molar-refractivity contribution < 1.29 is 4.79 Å². The lowest BCUT2D eigenvalue weighted by Crippen LogP contribution is -2.39. The van der Waals surface area contributed by atoms with E-state index < -0.39 is 0 Å². The molecule has 1 aliphatic heterocycles. The summed E-state index contributed by atoms with van der Waals surface area (Å²) < 4.78 is 0. The fourth-order valence-electron chi connectivity index (χ4n) is 3.58. The number of hydrogen-bond acceptors (Lipinski definition) is 4. The Bertz CT molecular complexity index is 1030. The van der Waals surface area contributed by atoms with Crippen LogP contribution >= 0.6 is 0 Å². The predicted octanol–water partition coefficient (Wildman–Crippen LogP) is 2.91. The molecule has 3 heterocycles. The topological polar surface area (TPSA) is 79.0 Å². The average Bonchev–Trinajstić information content (AvgIpc) is 2.74. The third-order valence-corrected chi connectivity index (χ3v) is 5.21. The van der Waals surface area contributed by atoms with Crippen LogP contribution in [-0.2, 0) is 17.8 Å². The Morgan fingerprint density at radius 3 is 2.79 bits per heavy atom. The molecule has 2 aromatic heterocycles. The van der Waals surface area contributed by atoms with Crippen LogP contribution in [0.15, 0.2) is 59.7 Å². The maximum atomic E-state index is 12.8. The second-order valence-electron chi connectivity index (χ2n) is 7.16. The number of rotatable bonds is 4. The molecule has 3 aromatic rings. The van der Waals surface area contributed by atoms with Gasteiger partial charge in [0.15, 0.2) is 0 Å². The lowest BCUT2D eigenvalue weighted by Gasteiger charge is -2.29. The number of carbonyl (C=O) groups excluding carboxylic acids is 1. The molecular formula is C22H22N4O2. The summed E-state index contributed by atoms with van der Waals surface area (Å²) >= 11 is 0. The zero-order chi connectivity index (χ0) is 19.5. The number of aromatic nitrogens is 3. The van der Waals surface area contributed by atoms with Gasteiger partial charge in [-0.05, 0) is 30.0 Å². The number of hydrogen-bond donors (Lipinski definition) is 1. The zero-order valence-electron chi connectivity index (χ0n) is 15.8. The van der Waals surface area contributed by atoms with E-state index >= 15 is 0 Å². The van der Waals surface area contributed by atoms with Gasteiger partial charge in [0.05, 0.1) is 12.2 Å². The van der Waals surface area contributed by atoms with E-state index in [1.807, 2.05) is 36.4 Å². The normalized spacial score (nSPS) is 14.4. The third kappa shape index (κ3) is 3.71. The van der Waals surface area contributed by atoms with Gasteiger partial charge in [-0.15, -0.1) is 0 Å². The standard InChI is InChI=1S/C22H22N4O2/c1-15(16-6-3-2-4-7-16)12-20(27)26-11-9-18-19(14-26)24-21(25-22(18)28)17-8-5-10-23-13-17/h2-8,10,13,15H,9,11-12,14H2,1H3,(H,24,25,28)/t15-/m0/s1. The largest absolute Gasteiger partial charge is 0.336 e. The van der Waals surface area contributed by atoms with Crippen LogP contribution in [0.1, 0.15) is 36.1 Å². The summed E-state index contributed by atoms with van der Waals surface area (Å²) in [5.41, 5.74) is 3.13. The highest BCUT2D eigenvalue weighted by atomic mass is 16.2.